The van der Waals surface area contributed by atoms with Gasteiger partial charge >= 0.3 is 5.97 Å². The van der Waals surface area contributed by atoms with Crippen LogP contribution in [0.1, 0.15) is 17.5 Å². The summed E-state index contributed by atoms with van der Waals surface area (Å²) in [4.78, 5) is 22.8. The van der Waals surface area contributed by atoms with Gasteiger partial charge in [0.2, 0.25) is 0 Å². The van der Waals surface area contributed by atoms with E-state index in [9.17, 15) is 9.59 Å². The largest absolute Gasteiger partial charge is 0.481 e. The molecular formula is C16H17NO3. The molecule has 1 aromatic heterocycles. The SMILES string of the molecule is Cc1ccc(-c2ccc(CCC(=O)O)c(=O)n2C)cc1. The van der Waals surface area contributed by atoms with Crippen LogP contribution in [-0.4, -0.2) is 15.6 Å². The summed E-state index contributed by atoms with van der Waals surface area (Å²) in [6.07, 6.45) is 0.231. The Morgan fingerprint density at radius 1 is 1.15 bits per heavy atom. The van der Waals surface area contributed by atoms with E-state index in [4.69, 9.17) is 5.11 Å². The summed E-state index contributed by atoms with van der Waals surface area (Å²) in [5.74, 6) is -0.894. The van der Waals surface area contributed by atoms with Crippen LogP contribution >= 0.6 is 0 Å². The highest BCUT2D eigenvalue weighted by molar-refractivity contribution is 5.67. The van der Waals surface area contributed by atoms with Crippen molar-refractivity contribution in [2.24, 2.45) is 7.05 Å². The lowest BCUT2D eigenvalue weighted by molar-refractivity contribution is -0.136. The number of carboxylic acids is 1. The number of carbonyl (C=O) groups is 1. The standard InChI is InChI=1S/C16H17NO3/c1-11-3-5-12(6-4-11)14-9-7-13(8-10-15(18)19)16(20)17(14)2/h3-7,9H,8,10H2,1-2H3,(H,18,19). The van der Waals surface area contributed by atoms with Gasteiger partial charge in [0.25, 0.3) is 5.56 Å². The van der Waals surface area contributed by atoms with Crippen molar-refractivity contribution in [3.63, 3.8) is 0 Å². The van der Waals surface area contributed by atoms with Crippen molar-refractivity contribution in [1.82, 2.24) is 4.57 Å². The molecule has 1 N–H and O–H groups in total. The van der Waals surface area contributed by atoms with Crippen molar-refractivity contribution in [3.8, 4) is 11.3 Å². The van der Waals surface area contributed by atoms with Crippen molar-refractivity contribution in [2.75, 3.05) is 0 Å². The Hall–Kier alpha value is -2.36. The maximum atomic E-state index is 12.2. The van der Waals surface area contributed by atoms with Crippen LogP contribution in [-0.2, 0) is 18.3 Å². The Balaban J connectivity index is 2.38. The van der Waals surface area contributed by atoms with Gasteiger partial charge in [-0.15, -0.1) is 0 Å². The van der Waals surface area contributed by atoms with E-state index in [0.29, 0.717) is 5.56 Å². The minimum atomic E-state index is -0.894. The number of benzene rings is 1. The quantitative estimate of drug-likeness (QED) is 0.928. The van der Waals surface area contributed by atoms with Crippen molar-refractivity contribution in [1.29, 1.82) is 0 Å². The molecule has 0 unspecified atom stereocenters. The van der Waals surface area contributed by atoms with Crippen LogP contribution in [0.3, 0.4) is 0 Å². The number of pyridine rings is 1. The van der Waals surface area contributed by atoms with Crippen molar-refractivity contribution < 1.29 is 9.90 Å². The van der Waals surface area contributed by atoms with E-state index >= 15 is 0 Å². The zero-order valence-electron chi connectivity index (χ0n) is 11.6. The summed E-state index contributed by atoms with van der Waals surface area (Å²) in [6.45, 7) is 2.01. The molecule has 0 radical (unpaired) electrons. The van der Waals surface area contributed by atoms with Gasteiger partial charge in [-0.2, -0.15) is 0 Å². The number of carboxylic acid groups (broad SMARTS) is 1. The second-order valence-electron chi connectivity index (χ2n) is 4.87. The summed E-state index contributed by atoms with van der Waals surface area (Å²) < 4.78 is 1.57. The van der Waals surface area contributed by atoms with Gasteiger partial charge in [0.05, 0.1) is 5.69 Å². The Morgan fingerprint density at radius 2 is 1.80 bits per heavy atom. The van der Waals surface area contributed by atoms with Crippen LogP contribution in [0, 0.1) is 6.92 Å². The minimum absolute atomic E-state index is 0.0287. The number of aromatic nitrogens is 1. The maximum absolute atomic E-state index is 12.2. The average molecular weight is 271 g/mol. The van der Waals surface area contributed by atoms with Crippen molar-refractivity contribution in [3.05, 3.63) is 57.9 Å². The second-order valence-corrected chi connectivity index (χ2v) is 4.87. The van der Waals surface area contributed by atoms with E-state index in [1.54, 1.807) is 17.7 Å². The van der Waals surface area contributed by atoms with Crippen molar-refractivity contribution in [2.45, 2.75) is 19.8 Å². The monoisotopic (exact) mass is 271 g/mol. The van der Waals surface area contributed by atoms with Gasteiger partial charge in [0.1, 0.15) is 0 Å². The van der Waals surface area contributed by atoms with Crippen molar-refractivity contribution >= 4 is 5.97 Å². The first-order valence-electron chi connectivity index (χ1n) is 6.47. The molecule has 0 aliphatic rings. The smallest absolute Gasteiger partial charge is 0.303 e. The Morgan fingerprint density at radius 3 is 2.40 bits per heavy atom. The summed E-state index contributed by atoms with van der Waals surface area (Å²) in [5.41, 5.74) is 3.36. The fraction of sp³-hybridized carbons (Fsp3) is 0.250. The van der Waals surface area contributed by atoms with Crippen LogP contribution in [0.4, 0.5) is 0 Å². The molecule has 0 fully saturated rings. The van der Waals surface area contributed by atoms with Gasteiger partial charge in [-0.25, -0.2) is 0 Å². The van der Waals surface area contributed by atoms with Crippen LogP contribution in [0.2, 0.25) is 0 Å². The molecule has 0 saturated heterocycles. The predicted molar refractivity (Wildman–Crippen MR) is 77.8 cm³/mol. The minimum Gasteiger partial charge on any atom is -0.481 e. The molecule has 0 bridgehead atoms. The fourth-order valence-electron chi connectivity index (χ4n) is 2.13. The zero-order valence-corrected chi connectivity index (χ0v) is 11.6. The third-order valence-corrected chi connectivity index (χ3v) is 3.34. The molecule has 0 saturated carbocycles. The topological polar surface area (TPSA) is 59.3 Å². The summed E-state index contributed by atoms with van der Waals surface area (Å²) in [6, 6.07) is 11.5. The molecule has 4 nitrogen and oxygen atoms in total. The lowest BCUT2D eigenvalue weighted by Gasteiger charge is -2.10. The molecule has 4 heteroatoms. The highest BCUT2D eigenvalue weighted by Crippen LogP contribution is 2.18. The van der Waals surface area contributed by atoms with E-state index in [2.05, 4.69) is 0 Å². The van der Waals surface area contributed by atoms with Crippen LogP contribution < -0.4 is 5.56 Å². The van der Waals surface area contributed by atoms with E-state index in [0.717, 1.165) is 16.8 Å². The van der Waals surface area contributed by atoms with Gasteiger partial charge in [0.15, 0.2) is 0 Å². The molecule has 104 valence electrons. The zero-order chi connectivity index (χ0) is 14.7. The van der Waals surface area contributed by atoms with Crippen LogP contribution in [0.5, 0.6) is 0 Å². The Labute approximate surface area is 117 Å². The van der Waals surface area contributed by atoms with Gasteiger partial charge in [-0.1, -0.05) is 35.9 Å². The van der Waals surface area contributed by atoms with Gasteiger partial charge in [-0.3, -0.25) is 9.59 Å². The maximum Gasteiger partial charge on any atom is 0.303 e. The third-order valence-electron chi connectivity index (χ3n) is 3.34. The number of rotatable bonds is 4. The van der Waals surface area contributed by atoms with Gasteiger partial charge in [-0.05, 0) is 25.0 Å². The third kappa shape index (κ3) is 2.96. The number of nitrogens with zero attached hydrogens (tertiary/aromatic N) is 1. The molecule has 2 aromatic rings. The number of aryl methyl sites for hydroxylation is 2. The molecule has 0 atom stereocenters. The molecule has 0 amide bonds. The molecule has 0 spiro atoms. The summed E-state index contributed by atoms with van der Waals surface area (Å²) in [5, 5.41) is 8.68. The number of aliphatic carboxylic acids is 1. The molecular weight excluding hydrogens is 254 g/mol. The summed E-state index contributed by atoms with van der Waals surface area (Å²) in [7, 11) is 1.71. The van der Waals surface area contributed by atoms with E-state index < -0.39 is 5.97 Å². The number of hydrogen-bond donors (Lipinski definition) is 1. The molecule has 2 rings (SSSR count). The second kappa shape index (κ2) is 5.74. The normalized spacial score (nSPS) is 10.5. The highest BCUT2D eigenvalue weighted by Gasteiger charge is 2.09. The average Bonchev–Trinajstić information content (AvgIpc) is 2.42. The molecule has 0 aliphatic heterocycles. The first-order chi connectivity index (χ1) is 9.49. The first kappa shape index (κ1) is 14.1. The molecule has 1 aromatic carbocycles. The van der Waals surface area contributed by atoms with E-state index in [1.165, 1.54) is 0 Å². The Bertz CT molecular complexity index is 684. The lowest BCUT2D eigenvalue weighted by Crippen LogP contribution is -2.22. The number of hydrogen-bond acceptors (Lipinski definition) is 2. The Kier molecular flexibility index (Phi) is 4.03. The van der Waals surface area contributed by atoms with E-state index in [1.807, 2.05) is 37.3 Å². The fourth-order valence-corrected chi connectivity index (χ4v) is 2.13. The highest BCUT2D eigenvalue weighted by atomic mass is 16.4. The lowest BCUT2D eigenvalue weighted by atomic mass is 10.1. The van der Waals surface area contributed by atoms with Gasteiger partial charge < -0.3 is 9.67 Å². The summed E-state index contributed by atoms with van der Waals surface area (Å²) >= 11 is 0. The molecule has 1 heterocycles. The van der Waals surface area contributed by atoms with Crippen LogP contribution in [0.25, 0.3) is 11.3 Å². The van der Waals surface area contributed by atoms with Gasteiger partial charge in [0, 0.05) is 19.0 Å². The van der Waals surface area contributed by atoms with E-state index in [-0.39, 0.29) is 18.4 Å². The first-order valence-corrected chi connectivity index (χ1v) is 6.47. The van der Waals surface area contributed by atoms with Crippen LogP contribution in [0.15, 0.2) is 41.2 Å². The molecule has 0 aliphatic carbocycles. The predicted octanol–water partition coefficient (Wildman–Crippen LogP) is 2.38. The molecule has 20 heavy (non-hydrogen) atoms.